The second-order valence-corrected chi connectivity index (χ2v) is 3.81. The lowest BCUT2D eigenvalue weighted by atomic mass is 10.0. The van der Waals surface area contributed by atoms with Crippen LogP contribution in [0.3, 0.4) is 0 Å². The lowest BCUT2D eigenvalue weighted by molar-refractivity contribution is 0.693. The van der Waals surface area contributed by atoms with Gasteiger partial charge in [-0.05, 0) is 40.1 Å². The van der Waals surface area contributed by atoms with Crippen LogP contribution in [0.4, 0.5) is 0 Å². The van der Waals surface area contributed by atoms with E-state index in [1.807, 2.05) is 18.2 Å². The Morgan fingerprint density at radius 3 is 2.59 bits per heavy atom. The minimum atomic E-state index is -0.257. The zero-order valence-corrected chi connectivity index (χ0v) is 9.92. The van der Waals surface area contributed by atoms with E-state index in [0.29, 0.717) is 6.54 Å². The van der Waals surface area contributed by atoms with Crippen molar-refractivity contribution < 1.29 is 0 Å². The molecule has 0 saturated heterocycles. The molecule has 2 rings (SSSR count). The van der Waals surface area contributed by atoms with E-state index in [1.165, 1.54) is 9.36 Å². The van der Waals surface area contributed by atoms with Gasteiger partial charge in [0.2, 0.25) is 0 Å². The molecule has 0 spiro atoms. The largest absolute Gasteiger partial charge is 0.368 e. The summed E-state index contributed by atoms with van der Waals surface area (Å²) in [5, 5.41) is 7.49. The Morgan fingerprint density at radius 2 is 2.06 bits per heavy atom. The molecule has 1 aromatic carbocycles. The molecule has 0 aliphatic heterocycles. The van der Waals surface area contributed by atoms with E-state index in [1.54, 1.807) is 7.05 Å². The average Bonchev–Trinajstić information content (AvgIpc) is 2.69. The Kier molecular flexibility index (Phi) is 3.06. The smallest absolute Gasteiger partial charge is 0.326 e. The third-order valence-electron chi connectivity index (χ3n) is 2.76. The number of aryl methyl sites for hydroxylation is 2. The van der Waals surface area contributed by atoms with Gasteiger partial charge >= 0.3 is 5.69 Å². The molecule has 0 unspecified atom stereocenters. The first-order valence-corrected chi connectivity index (χ1v) is 5.48. The van der Waals surface area contributed by atoms with Gasteiger partial charge in [0, 0.05) is 13.6 Å². The predicted octanol–water partition coefficient (Wildman–Crippen LogP) is -0.0129. The van der Waals surface area contributed by atoms with Crippen LogP contribution in [-0.4, -0.2) is 19.8 Å². The lowest BCUT2D eigenvalue weighted by Crippen LogP contribution is -2.22. The molecule has 1 heterocycles. The molecule has 2 N–H and O–H groups in total. The standard InChI is InChI=1S/C11H15N5O/c1-3-8-6-10(5-4-9(8)7-12)16-11(17)15(2)13-14-16/h4-6H,3,7,12H2,1-2H3. The van der Waals surface area contributed by atoms with Crippen molar-refractivity contribution in [3.05, 3.63) is 39.8 Å². The molecule has 0 amide bonds. The third kappa shape index (κ3) is 1.99. The topological polar surface area (TPSA) is 78.7 Å². The highest BCUT2D eigenvalue weighted by molar-refractivity contribution is 5.39. The number of tetrazole rings is 1. The Bertz CT molecular complexity index is 584. The molecule has 0 radical (unpaired) electrons. The molecular weight excluding hydrogens is 218 g/mol. The maximum atomic E-state index is 11.7. The summed E-state index contributed by atoms with van der Waals surface area (Å²) in [5.41, 5.74) is 8.33. The van der Waals surface area contributed by atoms with Gasteiger partial charge in [-0.3, -0.25) is 0 Å². The second kappa shape index (κ2) is 4.50. The van der Waals surface area contributed by atoms with Gasteiger partial charge in [-0.2, -0.15) is 9.36 Å². The Labute approximate surface area is 98.6 Å². The molecule has 1 aromatic heterocycles. The SMILES string of the molecule is CCc1cc(-n2nnn(C)c2=O)ccc1CN. The quantitative estimate of drug-likeness (QED) is 0.808. The third-order valence-corrected chi connectivity index (χ3v) is 2.76. The number of hydrogen-bond donors (Lipinski definition) is 1. The van der Waals surface area contributed by atoms with Crippen LogP contribution in [-0.2, 0) is 20.0 Å². The van der Waals surface area contributed by atoms with Crippen LogP contribution in [0.25, 0.3) is 5.69 Å². The number of rotatable bonds is 3. The average molecular weight is 233 g/mol. The second-order valence-electron chi connectivity index (χ2n) is 3.81. The van der Waals surface area contributed by atoms with Gasteiger partial charge in [0.15, 0.2) is 0 Å². The van der Waals surface area contributed by atoms with Crippen molar-refractivity contribution in [2.45, 2.75) is 19.9 Å². The molecule has 6 nitrogen and oxygen atoms in total. The molecule has 0 aliphatic rings. The van der Waals surface area contributed by atoms with Crippen molar-refractivity contribution in [3.63, 3.8) is 0 Å². The summed E-state index contributed by atoms with van der Waals surface area (Å²) in [6.07, 6.45) is 0.870. The highest BCUT2D eigenvalue weighted by atomic mass is 16.2. The van der Waals surface area contributed by atoms with Crippen molar-refractivity contribution in [1.82, 2.24) is 19.8 Å². The highest BCUT2D eigenvalue weighted by Gasteiger charge is 2.08. The zero-order valence-electron chi connectivity index (χ0n) is 9.92. The van der Waals surface area contributed by atoms with Gasteiger partial charge < -0.3 is 5.73 Å². The van der Waals surface area contributed by atoms with Crippen LogP contribution in [0.5, 0.6) is 0 Å². The van der Waals surface area contributed by atoms with E-state index in [0.717, 1.165) is 23.2 Å². The van der Waals surface area contributed by atoms with Gasteiger partial charge in [-0.25, -0.2) is 4.79 Å². The number of hydrogen-bond acceptors (Lipinski definition) is 4. The van der Waals surface area contributed by atoms with Crippen LogP contribution < -0.4 is 11.4 Å². The molecule has 6 heteroatoms. The molecule has 2 aromatic rings. The molecule has 0 atom stereocenters. The Hall–Kier alpha value is -1.95. The van der Waals surface area contributed by atoms with Crippen LogP contribution >= 0.6 is 0 Å². The number of aromatic nitrogens is 4. The molecular formula is C11H15N5O. The maximum Gasteiger partial charge on any atom is 0.368 e. The number of benzene rings is 1. The van der Waals surface area contributed by atoms with Crippen molar-refractivity contribution in [1.29, 1.82) is 0 Å². The van der Waals surface area contributed by atoms with E-state index in [9.17, 15) is 4.79 Å². The lowest BCUT2D eigenvalue weighted by Gasteiger charge is -2.07. The minimum absolute atomic E-state index is 0.257. The van der Waals surface area contributed by atoms with E-state index in [2.05, 4.69) is 17.4 Å². The summed E-state index contributed by atoms with van der Waals surface area (Å²) < 4.78 is 2.47. The fourth-order valence-corrected chi connectivity index (χ4v) is 1.75. The fraction of sp³-hybridized carbons (Fsp3) is 0.364. The summed E-state index contributed by atoms with van der Waals surface area (Å²) in [6.45, 7) is 2.55. The van der Waals surface area contributed by atoms with Crippen molar-refractivity contribution in [3.8, 4) is 5.69 Å². The maximum absolute atomic E-state index is 11.7. The summed E-state index contributed by atoms with van der Waals surface area (Å²) in [5.74, 6) is 0. The van der Waals surface area contributed by atoms with E-state index < -0.39 is 0 Å². The van der Waals surface area contributed by atoms with E-state index in [-0.39, 0.29) is 5.69 Å². The van der Waals surface area contributed by atoms with Gasteiger partial charge in [0.05, 0.1) is 5.69 Å². The molecule has 0 bridgehead atoms. The normalized spacial score (nSPS) is 10.8. The Morgan fingerprint density at radius 1 is 1.29 bits per heavy atom. The zero-order chi connectivity index (χ0) is 12.4. The first-order valence-electron chi connectivity index (χ1n) is 5.48. The van der Waals surface area contributed by atoms with Crippen LogP contribution in [0.2, 0.25) is 0 Å². The van der Waals surface area contributed by atoms with Gasteiger partial charge in [0.25, 0.3) is 0 Å². The number of nitrogens with two attached hydrogens (primary N) is 1. The molecule has 17 heavy (non-hydrogen) atoms. The van der Waals surface area contributed by atoms with Gasteiger partial charge in [0.1, 0.15) is 0 Å². The van der Waals surface area contributed by atoms with Crippen LogP contribution in [0, 0.1) is 0 Å². The summed E-state index contributed by atoms with van der Waals surface area (Å²) in [6, 6.07) is 5.69. The van der Waals surface area contributed by atoms with E-state index in [4.69, 9.17) is 5.73 Å². The fourth-order valence-electron chi connectivity index (χ4n) is 1.75. The van der Waals surface area contributed by atoms with Crippen LogP contribution in [0.1, 0.15) is 18.1 Å². The summed E-state index contributed by atoms with van der Waals surface area (Å²) >= 11 is 0. The molecule has 0 fully saturated rings. The molecule has 0 aliphatic carbocycles. The highest BCUT2D eigenvalue weighted by Crippen LogP contribution is 2.14. The number of nitrogens with zero attached hydrogens (tertiary/aromatic N) is 4. The molecule has 90 valence electrons. The summed E-state index contributed by atoms with van der Waals surface area (Å²) in [7, 11) is 1.57. The van der Waals surface area contributed by atoms with Crippen molar-refractivity contribution in [2.24, 2.45) is 12.8 Å². The van der Waals surface area contributed by atoms with Gasteiger partial charge in [-0.15, -0.1) is 0 Å². The van der Waals surface area contributed by atoms with Crippen molar-refractivity contribution in [2.75, 3.05) is 0 Å². The monoisotopic (exact) mass is 233 g/mol. The van der Waals surface area contributed by atoms with E-state index >= 15 is 0 Å². The van der Waals surface area contributed by atoms with Crippen molar-refractivity contribution >= 4 is 0 Å². The van der Waals surface area contributed by atoms with Crippen LogP contribution in [0.15, 0.2) is 23.0 Å². The minimum Gasteiger partial charge on any atom is -0.326 e. The Balaban J connectivity index is 2.54. The predicted molar refractivity (Wildman–Crippen MR) is 63.9 cm³/mol. The molecule has 0 saturated carbocycles. The summed E-state index contributed by atoms with van der Waals surface area (Å²) in [4.78, 5) is 11.7. The first kappa shape index (κ1) is 11.5. The first-order chi connectivity index (χ1) is 8.17. The van der Waals surface area contributed by atoms with Gasteiger partial charge in [-0.1, -0.05) is 13.0 Å².